The summed E-state index contributed by atoms with van der Waals surface area (Å²) in [6, 6.07) is 14.8. The number of H-pyrrole nitrogens is 1. The number of aryl methyl sites for hydroxylation is 2. The predicted octanol–water partition coefficient (Wildman–Crippen LogP) is 3.48. The van der Waals surface area contributed by atoms with E-state index in [2.05, 4.69) is 30.0 Å². The van der Waals surface area contributed by atoms with Crippen molar-refractivity contribution in [2.75, 3.05) is 5.32 Å². The Bertz CT molecular complexity index is 1320. The fourth-order valence-corrected chi connectivity index (χ4v) is 4.11. The molecule has 2 aromatic heterocycles. The molecule has 0 bridgehead atoms. The minimum Gasteiger partial charge on any atom is -0.326 e. The molecule has 0 radical (unpaired) electrons. The molecule has 8 nitrogen and oxygen atoms in total. The van der Waals surface area contributed by atoms with Crippen molar-refractivity contribution in [3.63, 3.8) is 0 Å². The third-order valence-corrected chi connectivity index (χ3v) is 5.79. The van der Waals surface area contributed by atoms with E-state index in [9.17, 15) is 9.59 Å². The van der Waals surface area contributed by atoms with Crippen LogP contribution in [0.4, 0.5) is 5.69 Å². The Labute approximate surface area is 184 Å². The van der Waals surface area contributed by atoms with Crippen LogP contribution in [0.25, 0.3) is 22.3 Å². The van der Waals surface area contributed by atoms with Crippen LogP contribution in [0.3, 0.4) is 0 Å². The number of nitrogens with zero attached hydrogens (tertiary/aromatic N) is 4. The Morgan fingerprint density at radius 2 is 1.88 bits per heavy atom. The molecule has 1 aliphatic rings. The van der Waals surface area contributed by atoms with E-state index >= 15 is 0 Å². The van der Waals surface area contributed by atoms with Gasteiger partial charge < -0.3 is 14.9 Å². The zero-order valence-corrected chi connectivity index (χ0v) is 17.7. The van der Waals surface area contributed by atoms with E-state index in [-0.39, 0.29) is 17.9 Å². The van der Waals surface area contributed by atoms with Gasteiger partial charge in [0.05, 0.1) is 10.9 Å². The highest BCUT2D eigenvalue weighted by Gasteiger charge is 2.16. The maximum absolute atomic E-state index is 12.4. The molecule has 0 saturated heterocycles. The van der Waals surface area contributed by atoms with Crippen molar-refractivity contribution in [2.24, 2.45) is 0 Å². The predicted molar refractivity (Wildman–Crippen MR) is 122 cm³/mol. The first kappa shape index (κ1) is 20.1. The molecule has 1 aliphatic heterocycles. The highest BCUT2D eigenvalue weighted by atomic mass is 16.1. The summed E-state index contributed by atoms with van der Waals surface area (Å²) in [6.07, 6.45) is 5.07. The Hall–Kier alpha value is -3.81. The zero-order valence-electron chi connectivity index (χ0n) is 17.7. The summed E-state index contributed by atoms with van der Waals surface area (Å²) in [4.78, 5) is 31.8. The number of fused-ring (bicyclic) bond motifs is 2. The van der Waals surface area contributed by atoms with Crippen molar-refractivity contribution >= 4 is 22.5 Å². The van der Waals surface area contributed by atoms with Crippen LogP contribution in [0.1, 0.15) is 37.3 Å². The molecule has 32 heavy (non-hydrogen) atoms. The average Bonchev–Trinajstić information content (AvgIpc) is 3.06. The smallest absolute Gasteiger partial charge is 0.258 e. The van der Waals surface area contributed by atoms with E-state index in [4.69, 9.17) is 0 Å². The monoisotopic (exact) mass is 428 g/mol. The molecule has 162 valence electrons. The minimum atomic E-state index is -0.187. The third-order valence-electron chi connectivity index (χ3n) is 5.79. The van der Waals surface area contributed by atoms with Crippen LogP contribution in [-0.4, -0.2) is 30.6 Å². The maximum Gasteiger partial charge on any atom is 0.258 e. The van der Waals surface area contributed by atoms with Crippen molar-refractivity contribution in [3.8, 4) is 11.4 Å². The highest BCUT2D eigenvalue weighted by molar-refractivity contribution is 5.91. The number of nitrogens with one attached hydrogen (secondary N) is 2. The lowest BCUT2D eigenvalue weighted by Gasteiger charge is -2.09. The molecule has 2 N–H and O–H groups in total. The number of aromatic nitrogens is 5. The number of amides is 1. The van der Waals surface area contributed by atoms with E-state index in [1.165, 1.54) is 6.42 Å². The number of hydrogen-bond donors (Lipinski definition) is 2. The molecule has 4 aromatic rings. The van der Waals surface area contributed by atoms with Crippen LogP contribution in [0, 0.1) is 0 Å². The van der Waals surface area contributed by atoms with Crippen molar-refractivity contribution in [3.05, 3.63) is 70.5 Å². The van der Waals surface area contributed by atoms with Gasteiger partial charge in [-0.15, -0.1) is 10.2 Å². The number of hydrogen-bond acceptors (Lipinski definition) is 5. The first-order valence-electron chi connectivity index (χ1n) is 11.0. The van der Waals surface area contributed by atoms with Gasteiger partial charge in [-0.1, -0.05) is 18.6 Å². The number of carbonyl (C=O) groups is 1. The quantitative estimate of drug-likeness (QED) is 0.506. The van der Waals surface area contributed by atoms with E-state index in [1.54, 1.807) is 18.2 Å². The van der Waals surface area contributed by atoms with Gasteiger partial charge in [-0.25, -0.2) is 4.98 Å². The maximum atomic E-state index is 12.4. The third kappa shape index (κ3) is 4.16. The molecular weight excluding hydrogens is 404 g/mol. The van der Waals surface area contributed by atoms with Gasteiger partial charge in [0, 0.05) is 37.1 Å². The molecule has 3 heterocycles. The average molecular weight is 428 g/mol. The second-order valence-electron chi connectivity index (χ2n) is 8.06. The molecule has 0 saturated carbocycles. The number of anilines is 1. The van der Waals surface area contributed by atoms with E-state index in [0.717, 1.165) is 43.0 Å². The molecule has 0 aliphatic carbocycles. The SMILES string of the molecule is O=C(CCc1nc2ccccc2c(=O)[nH]1)Nc1ccc(-c2nnc3n2CCCCC3)cc1. The van der Waals surface area contributed by atoms with Gasteiger partial charge in [0.15, 0.2) is 5.82 Å². The lowest BCUT2D eigenvalue weighted by Crippen LogP contribution is -2.16. The van der Waals surface area contributed by atoms with Gasteiger partial charge in [-0.2, -0.15) is 0 Å². The lowest BCUT2D eigenvalue weighted by atomic mass is 10.2. The summed E-state index contributed by atoms with van der Waals surface area (Å²) in [7, 11) is 0. The summed E-state index contributed by atoms with van der Waals surface area (Å²) >= 11 is 0. The van der Waals surface area contributed by atoms with E-state index in [0.29, 0.717) is 28.8 Å². The molecule has 0 spiro atoms. The molecule has 8 heteroatoms. The lowest BCUT2D eigenvalue weighted by molar-refractivity contribution is -0.116. The second kappa shape index (κ2) is 8.74. The van der Waals surface area contributed by atoms with Crippen LogP contribution in [-0.2, 0) is 24.2 Å². The second-order valence-corrected chi connectivity index (χ2v) is 8.06. The Morgan fingerprint density at radius 1 is 1.03 bits per heavy atom. The number of para-hydroxylation sites is 1. The Morgan fingerprint density at radius 3 is 2.75 bits per heavy atom. The van der Waals surface area contributed by atoms with Crippen LogP contribution >= 0.6 is 0 Å². The molecular formula is C24H24N6O2. The normalized spacial score (nSPS) is 13.5. The fourth-order valence-electron chi connectivity index (χ4n) is 4.11. The Kier molecular flexibility index (Phi) is 5.49. The van der Waals surface area contributed by atoms with Crippen molar-refractivity contribution in [1.29, 1.82) is 0 Å². The van der Waals surface area contributed by atoms with Crippen LogP contribution < -0.4 is 10.9 Å². The van der Waals surface area contributed by atoms with Gasteiger partial charge in [0.2, 0.25) is 5.91 Å². The topological polar surface area (TPSA) is 106 Å². The van der Waals surface area contributed by atoms with Crippen LogP contribution in [0.5, 0.6) is 0 Å². The summed E-state index contributed by atoms with van der Waals surface area (Å²) in [5.41, 5.74) is 2.15. The van der Waals surface area contributed by atoms with Gasteiger partial charge in [-0.05, 0) is 49.2 Å². The summed E-state index contributed by atoms with van der Waals surface area (Å²) < 4.78 is 2.21. The number of carbonyl (C=O) groups excluding carboxylic acids is 1. The molecule has 0 unspecified atom stereocenters. The molecule has 1 amide bonds. The van der Waals surface area contributed by atoms with Crippen LogP contribution in [0.15, 0.2) is 53.3 Å². The van der Waals surface area contributed by atoms with Crippen molar-refractivity contribution in [1.82, 2.24) is 24.7 Å². The summed E-state index contributed by atoms with van der Waals surface area (Å²) in [6.45, 7) is 0.945. The standard InChI is InChI=1S/C24H24N6O2/c31-22(14-13-20-26-19-7-4-3-6-18(19)24(32)27-20)25-17-11-9-16(10-12-17)23-29-28-21-8-2-1-5-15-30(21)23/h3-4,6-7,9-12H,1-2,5,8,13-15H2,(H,25,31)(H,26,27,32). The number of benzene rings is 2. The number of rotatable bonds is 5. The van der Waals surface area contributed by atoms with Crippen molar-refractivity contribution in [2.45, 2.75) is 45.1 Å². The largest absolute Gasteiger partial charge is 0.326 e. The van der Waals surface area contributed by atoms with Gasteiger partial charge in [-0.3, -0.25) is 9.59 Å². The first-order chi connectivity index (χ1) is 15.7. The molecule has 0 atom stereocenters. The van der Waals surface area contributed by atoms with Gasteiger partial charge >= 0.3 is 0 Å². The zero-order chi connectivity index (χ0) is 21.9. The summed E-state index contributed by atoms with van der Waals surface area (Å²) in [5.74, 6) is 2.30. The minimum absolute atomic E-state index is 0.134. The highest BCUT2D eigenvalue weighted by Crippen LogP contribution is 2.24. The first-order valence-corrected chi connectivity index (χ1v) is 11.0. The van der Waals surface area contributed by atoms with E-state index < -0.39 is 0 Å². The van der Waals surface area contributed by atoms with E-state index in [1.807, 2.05) is 30.3 Å². The summed E-state index contributed by atoms with van der Waals surface area (Å²) in [5, 5.41) is 12.2. The Balaban J connectivity index is 1.23. The molecule has 2 aromatic carbocycles. The van der Waals surface area contributed by atoms with Crippen molar-refractivity contribution < 1.29 is 4.79 Å². The van der Waals surface area contributed by atoms with Gasteiger partial charge in [0.25, 0.3) is 5.56 Å². The molecule has 5 rings (SSSR count). The van der Waals surface area contributed by atoms with Gasteiger partial charge in [0.1, 0.15) is 11.6 Å². The number of aromatic amines is 1. The molecule has 0 fully saturated rings. The van der Waals surface area contributed by atoms with Crippen LogP contribution in [0.2, 0.25) is 0 Å². The fraction of sp³-hybridized carbons (Fsp3) is 0.292.